The molecule has 0 bridgehead atoms. The smallest absolute Gasteiger partial charge is 0.144 e. The molecule has 0 N–H and O–H groups in total. The molecule has 0 heterocycles. The van der Waals surface area contributed by atoms with Gasteiger partial charge in [-0.25, -0.2) is 13.2 Å². The predicted molar refractivity (Wildman–Crippen MR) is 88.9 cm³/mol. The van der Waals surface area contributed by atoms with Gasteiger partial charge in [0.2, 0.25) is 0 Å². The molecule has 0 fully saturated rings. The van der Waals surface area contributed by atoms with E-state index in [9.17, 15) is 13.2 Å². The maximum absolute atomic E-state index is 13.5. The van der Waals surface area contributed by atoms with Crippen molar-refractivity contribution in [3.05, 3.63) is 94.8 Å². The van der Waals surface area contributed by atoms with E-state index < -0.39 is 23.0 Å². The minimum Gasteiger partial charge on any atom is -0.207 e. The van der Waals surface area contributed by atoms with Gasteiger partial charge in [-0.3, -0.25) is 0 Å². The Morgan fingerprint density at radius 3 is 1.71 bits per heavy atom. The molecule has 0 atom stereocenters. The molecule has 0 aliphatic rings. The van der Waals surface area contributed by atoms with Crippen LogP contribution in [0.3, 0.4) is 0 Å². The molecule has 0 aliphatic carbocycles. The molecule has 0 unspecified atom stereocenters. The summed E-state index contributed by atoms with van der Waals surface area (Å²) in [6, 6.07) is 16.7. The minimum absolute atomic E-state index is 0.431. The van der Waals surface area contributed by atoms with Crippen molar-refractivity contribution in [1.82, 2.24) is 0 Å². The molecule has 0 saturated carbocycles. The number of benzene rings is 3. The van der Waals surface area contributed by atoms with Gasteiger partial charge in [0.25, 0.3) is 0 Å². The molecule has 3 heteroatoms. The maximum atomic E-state index is 13.5. The van der Waals surface area contributed by atoms with Gasteiger partial charge >= 0.3 is 0 Å². The van der Waals surface area contributed by atoms with Crippen molar-refractivity contribution < 1.29 is 13.2 Å². The number of hydrogen-bond acceptors (Lipinski definition) is 0. The maximum Gasteiger partial charge on any atom is 0.144 e. The Bertz CT molecular complexity index is 905. The monoisotopic (exact) mass is 322 g/mol. The first-order chi connectivity index (χ1) is 11.5. The molecular weight excluding hydrogens is 309 g/mol. The van der Waals surface area contributed by atoms with E-state index in [1.54, 1.807) is 12.1 Å². The van der Waals surface area contributed by atoms with E-state index in [-0.39, 0.29) is 0 Å². The molecule has 0 saturated heterocycles. The Morgan fingerprint density at radius 2 is 1.17 bits per heavy atom. The standard InChI is InChI=1S/C21H13F3/c1-14-2-7-16(8-3-14)17-9-4-15(5-10-17)6-11-19-20(23)12-18(22)13-21(19)24/h2-5,7-10,12-13H,1H3. The van der Waals surface area contributed by atoms with Gasteiger partial charge in [0.1, 0.15) is 17.5 Å². The zero-order chi connectivity index (χ0) is 17.1. The van der Waals surface area contributed by atoms with Crippen molar-refractivity contribution in [2.45, 2.75) is 6.92 Å². The molecular formula is C21H13F3. The lowest BCUT2D eigenvalue weighted by Gasteiger charge is -2.02. The van der Waals surface area contributed by atoms with Crippen molar-refractivity contribution in [2.24, 2.45) is 0 Å². The molecule has 3 rings (SSSR count). The third-order valence-electron chi connectivity index (χ3n) is 3.61. The predicted octanol–water partition coefficient (Wildman–Crippen LogP) is 5.48. The van der Waals surface area contributed by atoms with Crippen molar-refractivity contribution in [2.75, 3.05) is 0 Å². The second-order valence-electron chi connectivity index (χ2n) is 5.44. The first kappa shape index (κ1) is 15.9. The van der Waals surface area contributed by atoms with Crippen LogP contribution in [0.4, 0.5) is 13.2 Å². The molecule has 118 valence electrons. The Kier molecular flexibility index (Phi) is 4.39. The van der Waals surface area contributed by atoms with Crippen LogP contribution in [-0.2, 0) is 0 Å². The summed E-state index contributed by atoms with van der Waals surface area (Å²) in [6.07, 6.45) is 0. The normalized spacial score (nSPS) is 10.2. The lowest BCUT2D eigenvalue weighted by molar-refractivity contribution is 0.539. The van der Waals surface area contributed by atoms with E-state index in [2.05, 4.69) is 11.8 Å². The zero-order valence-corrected chi connectivity index (χ0v) is 12.9. The van der Waals surface area contributed by atoms with Crippen molar-refractivity contribution in [3.8, 4) is 23.0 Å². The molecule has 0 aliphatic heterocycles. The van der Waals surface area contributed by atoms with E-state index in [0.29, 0.717) is 17.7 Å². The summed E-state index contributed by atoms with van der Waals surface area (Å²) in [5.41, 5.74) is 3.48. The fourth-order valence-electron chi connectivity index (χ4n) is 2.29. The Morgan fingerprint density at radius 1 is 0.667 bits per heavy atom. The highest BCUT2D eigenvalue weighted by molar-refractivity contribution is 5.64. The van der Waals surface area contributed by atoms with E-state index >= 15 is 0 Å². The molecule has 0 spiro atoms. The summed E-state index contributed by atoms with van der Waals surface area (Å²) in [7, 11) is 0. The van der Waals surface area contributed by atoms with E-state index in [1.807, 2.05) is 43.3 Å². The van der Waals surface area contributed by atoms with Crippen LogP contribution in [-0.4, -0.2) is 0 Å². The van der Waals surface area contributed by atoms with Gasteiger partial charge in [0.15, 0.2) is 0 Å². The SMILES string of the molecule is Cc1ccc(-c2ccc(C#Cc3c(F)cc(F)cc3F)cc2)cc1. The van der Waals surface area contributed by atoms with Crippen LogP contribution >= 0.6 is 0 Å². The summed E-state index contributed by atoms with van der Waals surface area (Å²) >= 11 is 0. The van der Waals surface area contributed by atoms with Gasteiger partial charge in [0, 0.05) is 17.7 Å². The number of hydrogen-bond donors (Lipinski definition) is 0. The molecule has 3 aromatic rings. The average Bonchev–Trinajstić information content (AvgIpc) is 2.55. The molecule has 0 radical (unpaired) electrons. The largest absolute Gasteiger partial charge is 0.207 e. The van der Waals surface area contributed by atoms with Crippen LogP contribution < -0.4 is 0 Å². The topological polar surface area (TPSA) is 0 Å². The van der Waals surface area contributed by atoms with Gasteiger partial charge in [-0.1, -0.05) is 53.8 Å². The van der Waals surface area contributed by atoms with Gasteiger partial charge in [0.05, 0.1) is 5.56 Å². The fraction of sp³-hybridized carbons (Fsp3) is 0.0476. The highest BCUT2D eigenvalue weighted by Crippen LogP contribution is 2.20. The van der Waals surface area contributed by atoms with Gasteiger partial charge in [-0.2, -0.15) is 0 Å². The van der Waals surface area contributed by atoms with E-state index in [1.165, 1.54) is 5.56 Å². The Hall–Kier alpha value is -2.99. The van der Waals surface area contributed by atoms with E-state index in [0.717, 1.165) is 11.1 Å². The summed E-state index contributed by atoms with van der Waals surface area (Å²) in [5.74, 6) is 2.16. The first-order valence-corrected chi connectivity index (χ1v) is 7.36. The summed E-state index contributed by atoms with van der Waals surface area (Å²) in [4.78, 5) is 0. The minimum atomic E-state index is -1.00. The summed E-state index contributed by atoms with van der Waals surface area (Å²) in [6.45, 7) is 2.02. The van der Waals surface area contributed by atoms with Crippen LogP contribution in [0.15, 0.2) is 60.7 Å². The second kappa shape index (κ2) is 6.64. The highest BCUT2D eigenvalue weighted by atomic mass is 19.1. The molecule has 3 aromatic carbocycles. The fourth-order valence-corrected chi connectivity index (χ4v) is 2.29. The highest BCUT2D eigenvalue weighted by Gasteiger charge is 2.08. The van der Waals surface area contributed by atoms with Crippen molar-refractivity contribution in [1.29, 1.82) is 0 Å². The Balaban J connectivity index is 1.87. The van der Waals surface area contributed by atoms with Crippen LogP contribution in [0.5, 0.6) is 0 Å². The average molecular weight is 322 g/mol. The van der Waals surface area contributed by atoms with Gasteiger partial charge < -0.3 is 0 Å². The van der Waals surface area contributed by atoms with Crippen molar-refractivity contribution in [3.63, 3.8) is 0 Å². The summed E-state index contributed by atoms with van der Waals surface area (Å²) < 4.78 is 40.0. The quantitative estimate of drug-likeness (QED) is 0.521. The van der Waals surface area contributed by atoms with Crippen LogP contribution in [0, 0.1) is 36.2 Å². The molecule has 0 aromatic heterocycles. The third kappa shape index (κ3) is 3.49. The lowest BCUT2D eigenvalue weighted by Crippen LogP contribution is -1.92. The molecule has 0 amide bonds. The molecule has 0 nitrogen and oxygen atoms in total. The molecule has 24 heavy (non-hydrogen) atoms. The summed E-state index contributed by atoms with van der Waals surface area (Å²) in [5, 5.41) is 0. The van der Waals surface area contributed by atoms with Crippen LogP contribution in [0.25, 0.3) is 11.1 Å². The zero-order valence-electron chi connectivity index (χ0n) is 12.9. The van der Waals surface area contributed by atoms with E-state index in [4.69, 9.17) is 0 Å². The lowest BCUT2D eigenvalue weighted by atomic mass is 10.0. The number of aryl methyl sites for hydroxylation is 1. The number of halogens is 3. The first-order valence-electron chi connectivity index (χ1n) is 7.36. The van der Waals surface area contributed by atoms with Gasteiger partial charge in [-0.05, 0) is 30.2 Å². The second-order valence-corrected chi connectivity index (χ2v) is 5.44. The Labute approximate surface area is 138 Å². The number of rotatable bonds is 1. The third-order valence-corrected chi connectivity index (χ3v) is 3.61. The van der Waals surface area contributed by atoms with Crippen molar-refractivity contribution >= 4 is 0 Å². The van der Waals surface area contributed by atoms with Crippen LogP contribution in [0.1, 0.15) is 16.7 Å². The van der Waals surface area contributed by atoms with Gasteiger partial charge in [-0.15, -0.1) is 0 Å². The van der Waals surface area contributed by atoms with Crippen LogP contribution in [0.2, 0.25) is 0 Å².